The first kappa shape index (κ1) is 24.6. The van der Waals surface area contributed by atoms with Crippen LogP contribution in [0.3, 0.4) is 0 Å². The van der Waals surface area contributed by atoms with Crippen molar-refractivity contribution in [2.45, 2.75) is 26.3 Å². The van der Waals surface area contributed by atoms with Gasteiger partial charge in [-0.1, -0.05) is 12.1 Å². The van der Waals surface area contributed by atoms with Gasteiger partial charge in [-0.05, 0) is 38.1 Å². The molecule has 2 saturated heterocycles. The van der Waals surface area contributed by atoms with E-state index in [1.807, 2.05) is 20.0 Å². The number of likely N-dealkylation sites (N-methyl/N-ethyl adjacent to an activating group) is 1. The molecule has 1 amide bonds. The second-order valence-corrected chi connectivity index (χ2v) is 9.33. The molecular formula is C26H35FN4O3. The van der Waals surface area contributed by atoms with Crippen molar-refractivity contribution in [3.63, 3.8) is 0 Å². The Hall–Kier alpha value is -2.55. The van der Waals surface area contributed by atoms with Gasteiger partial charge in [-0.2, -0.15) is 0 Å². The quantitative estimate of drug-likeness (QED) is 0.620. The van der Waals surface area contributed by atoms with E-state index in [4.69, 9.17) is 4.74 Å². The van der Waals surface area contributed by atoms with Crippen molar-refractivity contribution >= 4 is 5.91 Å². The highest BCUT2D eigenvalue weighted by Gasteiger charge is 2.27. The molecule has 2 aromatic rings. The predicted octanol–water partition coefficient (Wildman–Crippen LogP) is 2.00. The van der Waals surface area contributed by atoms with Crippen LogP contribution in [0.2, 0.25) is 0 Å². The zero-order valence-corrected chi connectivity index (χ0v) is 20.3. The van der Waals surface area contributed by atoms with Crippen LogP contribution in [0.1, 0.15) is 33.7 Å². The topological polar surface area (TPSA) is 58.0 Å². The lowest BCUT2D eigenvalue weighted by atomic mass is 10.0. The van der Waals surface area contributed by atoms with E-state index in [-0.39, 0.29) is 22.7 Å². The van der Waals surface area contributed by atoms with E-state index in [1.54, 1.807) is 17.0 Å². The zero-order chi connectivity index (χ0) is 24.1. The highest BCUT2D eigenvalue weighted by atomic mass is 19.1. The van der Waals surface area contributed by atoms with Gasteiger partial charge in [0, 0.05) is 76.2 Å². The van der Waals surface area contributed by atoms with E-state index in [0.717, 1.165) is 63.6 Å². The van der Waals surface area contributed by atoms with E-state index in [1.165, 1.54) is 12.1 Å². The Morgan fingerprint density at radius 3 is 2.47 bits per heavy atom. The molecule has 3 heterocycles. The first-order chi connectivity index (χ1) is 16.4. The van der Waals surface area contributed by atoms with Crippen molar-refractivity contribution in [2.75, 3.05) is 66.1 Å². The summed E-state index contributed by atoms with van der Waals surface area (Å²) < 4.78 is 21.5. The number of morpholine rings is 1. The van der Waals surface area contributed by atoms with E-state index >= 15 is 0 Å². The average Bonchev–Trinajstić information content (AvgIpc) is 2.82. The molecule has 0 spiro atoms. The third-order valence-electron chi connectivity index (χ3n) is 6.85. The lowest BCUT2D eigenvalue weighted by Crippen LogP contribution is -2.48. The fourth-order valence-corrected chi connectivity index (χ4v) is 4.84. The van der Waals surface area contributed by atoms with Crippen LogP contribution >= 0.6 is 0 Å². The van der Waals surface area contributed by atoms with E-state index in [0.29, 0.717) is 31.7 Å². The second kappa shape index (κ2) is 11.3. The molecule has 7 nitrogen and oxygen atoms in total. The van der Waals surface area contributed by atoms with Gasteiger partial charge in [0.05, 0.1) is 13.2 Å². The van der Waals surface area contributed by atoms with Gasteiger partial charge in [-0.25, -0.2) is 4.39 Å². The van der Waals surface area contributed by atoms with Gasteiger partial charge in [-0.15, -0.1) is 0 Å². The highest BCUT2D eigenvalue weighted by molar-refractivity contribution is 5.95. The van der Waals surface area contributed by atoms with Crippen LogP contribution in [0, 0.1) is 12.7 Å². The SMILES string of the molecule is Cc1cc(=O)c(C(=O)N2CCN(C)CC2)c(Cc2cccc(F)c2)n1CCCN1CCOCC1. The largest absolute Gasteiger partial charge is 0.379 e. The normalized spacial score (nSPS) is 17.8. The van der Waals surface area contributed by atoms with Gasteiger partial charge >= 0.3 is 0 Å². The molecule has 0 unspecified atom stereocenters. The fourth-order valence-electron chi connectivity index (χ4n) is 4.84. The van der Waals surface area contributed by atoms with Crippen LogP contribution in [0.15, 0.2) is 35.1 Å². The minimum Gasteiger partial charge on any atom is -0.379 e. The van der Waals surface area contributed by atoms with Gasteiger partial charge in [-0.3, -0.25) is 14.5 Å². The van der Waals surface area contributed by atoms with Crippen molar-refractivity contribution in [3.8, 4) is 0 Å². The number of hydrogen-bond acceptors (Lipinski definition) is 5. The minimum atomic E-state index is -0.321. The van der Waals surface area contributed by atoms with E-state index in [2.05, 4.69) is 14.4 Å². The molecular weight excluding hydrogens is 435 g/mol. The molecule has 0 bridgehead atoms. The van der Waals surface area contributed by atoms with Crippen molar-refractivity contribution in [1.29, 1.82) is 0 Å². The number of carbonyl (C=O) groups excluding carboxylic acids is 1. The number of aromatic nitrogens is 1. The number of pyridine rings is 1. The Morgan fingerprint density at radius 2 is 1.76 bits per heavy atom. The Balaban J connectivity index is 1.66. The van der Waals surface area contributed by atoms with Gasteiger partial charge in [0.15, 0.2) is 5.43 Å². The third-order valence-corrected chi connectivity index (χ3v) is 6.85. The van der Waals surface area contributed by atoms with Crippen molar-refractivity contribution in [3.05, 3.63) is 68.9 Å². The maximum absolute atomic E-state index is 14.0. The lowest BCUT2D eigenvalue weighted by Gasteiger charge is -2.33. The van der Waals surface area contributed by atoms with Gasteiger partial charge in [0.25, 0.3) is 5.91 Å². The van der Waals surface area contributed by atoms with Crippen molar-refractivity contribution in [1.82, 2.24) is 19.3 Å². The number of hydrogen-bond donors (Lipinski definition) is 0. The van der Waals surface area contributed by atoms with Crippen LogP contribution < -0.4 is 5.43 Å². The molecule has 0 radical (unpaired) electrons. The monoisotopic (exact) mass is 470 g/mol. The maximum Gasteiger partial charge on any atom is 0.259 e. The smallest absolute Gasteiger partial charge is 0.259 e. The molecule has 4 rings (SSSR count). The predicted molar refractivity (Wildman–Crippen MR) is 130 cm³/mol. The number of halogens is 1. The molecule has 2 fully saturated rings. The molecule has 2 aliphatic heterocycles. The van der Waals surface area contributed by atoms with Gasteiger partial charge in [0.2, 0.25) is 0 Å². The summed E-state index contributed by atoms with van der Waals surface area (Å²) in [6, 6.07) is 7.98. The van der Waals surface area contributed by atoms with Crippen LogP contribution in [0.5, 0.6) is 0 Å². The number of ether oxygens (including phenoxy) is 1. The standard InChI is InChI=1S/C26H35FN4O3/c1-20-17-24(32)25(26(33)30-11-9-28(2)10-12-30)23(19-21-5-3-6-22(27)18-21)31(20)8-4-7-29-13-15-34-16-14-29/h3,5-6,17-18H,4,7-16,19H2,1-2H3. The molecule has 1 aromatic carbocycles. The number of amides is 1. The molecule has 0 aliphatic carbocycles. The molecule has 184 valence electrons. The average molecular weight is 471 g/mol. The summed E-state index contributed by atoms with van der Waals surface area (Å²) in [4.78, 5) is 33.1. The Bertz CT molecular complexity index is 1060. The number of carbonyl (C=O) groups is 1. The van der Waals surface area contributed by atoms with Crippen LogP contribution in [-0.4, -0.2) is 91.2 Å². The van der Waals surface area contributed by atoms with Crippen LogP contribution in [0.4, 0.5) is 4.39 Å². The fraction of sp³-hybridized carbons (Fsp3) is 0.538. The molecule has 34 heavy (non-hydrogen) atoms. The highest BCUT2D eigenvalue weighted by Crippen LogP contribution is 2.19. The Kier molecular flexibility index (Phi) is 8.13. The molecule has 2 aliphatic rings. The maximum atomic E-state index is 14.0. The summed E-state index contributed by atoms with van der Waals surface area (Å²) in [6.45, 7) is 9.64. The molecule has 8 heteroatoms. The van der Waals surface area contributed by atoms with Crippen molar-refractivity contribution in [2.24, 2.45) is 0 Å². The number of nitrogens with zero attached hydrogens (tertiary/aromatic N) is 4. The first-order valence-electron chi connectivity index (χ1n) is 12.2. The number of aryl methyl sites for hydroxylation is 1. The summed E-state index contributed by atoms with van der Waals surface area (Å²) in [5, 5.41) is 0. The lowest BCUT2D eigenvalue weighted by molar-refractivity contribution is 0.0369. The zero-order valence-electron chi connectivity index (χ0n) is 20.3. The summed E-state index contributed by atoms with van der Waals surface area (Å²) in [7, 11) is 2.03. The molecule has 1 aromatic heterocycles. The van der Waals surface area contributed by atoms with Crippen molar-refractivity contribution < 1.29 is 13.9 Å². The minimum absolute atomic E-state index is 0.216. The van der Waals surface area contributed by atoms with Crippen LogP contribution in [-0.2, 0) is 17.7 Å². The molecule has 0 saturated carbocycles. The van der Waals surface area contributed by atoms with Gasteiger partial charge in [0.1, 0.15) is 11.4 Å². The molecule has 0 atom stereocenters. The summed E-state index contributed by atoms with van der Waals surface area (Å²) in [5.41, 5.74) is 2.23. The molecule has 0 N–H and O–H groups in total. The summed E-state index contributed by atoms with van der Waals surface area (Å²) in [5.74, 6) is -0.537. The second-order valence-electron chi connectivity index (χ2n) is 9.33. The number of rotatable bonds is 7. The Labute approximate surface area is 200 Å². The third kappa shape index (κ3) is 5.92. The number of piperazine rings is 1. The summed E-state index contributed by atoms with van der Waals surface area (Å²) in [6.07, 6.45) is 1.23. The Morgan fingerprint density at radius 1 is 1.03 bits per heavy atom. The van der Waals surface area contributed by atoms with Gasteiger partial charge < -0.3 is 19.1 Å². The number of benzene rings is 1. The summed E-state index contributed by atoms with van der Waals surface area (Å²) >= 11 is 0. The van der Waals surface area contributed by atoms with E-state index in [9.17, 15) is 14.0 Å². The first-order valence-corrected chi connectivity index (χ1v) is 12.2. The van der Waals surface area contributed by atoms with Crippen LogP contribution in [0.25, 0.3) is 0 Å². The van der Waals surface area contributed by atoms with E-state index < -0.39 is 0 Å².